The van der Waals surface area contributed by atoms with E-state index in [0.29, 0.717) is 11.5 Å². The molecule has 0 fully saturated rings. The lowest BCUT2D eigenvalue weighted by Gasteiger charge is -2.35. The molecule has 24 heavy (non-hydrogen) atoms. The first-order valence-electron chi connectivity index (χ1n) is 7.93. The second-order valence-electron chi connectivity index (χ2n) is 5.87. The zero-order valence-electron chi connectivity index (χ0n) is 14.2. The van der Waals surface area contributed by atoms with E-state index in [9.17, 15) is 4.79 Å². The molecule has 0 aliphatic carbocycles. The molecule has 1 atom stereocenters. The molecule has 0 N–H and O–H groups in total. The van der Waals surface area contributed by atoms with Crippen molar-refractivity contribution in [1.82, 2.24) is 4.90 Å². The third kappa shape index (κ3) is 2.87. The highest BCUT2D eigenvalue weighted by atomic mass is 16.5. The molecule has 0 bridgehead atoms. The fourth-order valence-electron chi connectivity index (χ4n) is 3.14. The Balaban J connectivity index is 2.19. The van der Waals surface area contributed by atoms with Crippen molar-refractivity contribution in [3.8, 4) is 11.5 Å². The van der Waals surface area contributed by atoms with E-state index in [1.807, 2.05) is 55.5 Å². The van der Waals surface area contributed by atoms with Crippen molar-refractivity contribution < 1.29 is 14.3 Å². The van der Waals surface area contributed by atoms with Crippen LogP contribution in [0.3, 0.4) is 0 Å². The maximum absolute atomic E-state index is 11.7. The second-order valence-corrected chi connectivity index (χ2v) is 5.87. The van der Waals surface area contributed by atoms with Gasteiger partial charge in [0, 0.05) is 11.6 Å². The second kappa shape index (κ2) is 6.79. The molecule has 4 nitrogen and oxygen atoms in total. The standard InChI is InChI=1S/C20H21NO3/c1-14-9-16-11-19(23-2)20(24-3)12-17(16)18(21(14)13-22)10-15-7-5-4-6-8-15/h4-8,10-14H,9H2,1-3H3/b18-10+. The van der Waals surface area contributed by atoms with Crippen molar-refractivity contribution in [3.63, 3.8) is 0 Å². The van der Waals surface area contributed by atoms with Crippen LogP contribution in [0, 0.1) is 0 Å². The normalized spacial score (nSPS) is 18.2. The average molecular weight is 323 g/mol. The minimum Gasteiger partial charge on any atom is -0.493 e. The van der Waals surface area contributed by atoms with Gasteiger partial charge >= 0.3 is 0 Å². The van der Waals surface area contributed by atoms with Crippen LogP contribution in [-0.2, 0) is 11.2 Å². The molecule has 2 aromatic carbocycles. The van der Waals surface area contributed by atoms with Gasteiger partial charge in [-0.1, -0.05) is 30.3 Å². The van der Waals surface area contributed by atoms with E-state index in [0.717, 1.165) is 35.2 Å². The van der Waals surface area contributed by atoms with Gasteiger partial charge in [-0.2, -0.15) is 0 Å². The maximum atomic E-state index is 11.7. The molecule has 4 heteroatoms. The lowest BCUT2D eigenvalue weighted by Crippen LogP contribution is -2.36. The maximum Gasteiger partial charge on any atom is 0.214 e. The molecule has 124 valence electrons. The third-order valence-electron chi connectivity index (χ3n) is 4.37. The Kier molecular flexibility index (Phi) is 4.56. The first-order chi connectivity index (χ1) is 11.7. The summed E-state index contributed by atoms with van der Waals surface area (Å²) in [5.74, 6) is 1.37. The largest absolute Gasteiger partial charge is 0.493 e. The zero-order chi connectivity index (χ0) is 17.1. The Morgan fingerprint density at radius 1 is 1.08 bits per heavy atom. The van der Waals surface area contributed by atoms with Crippen molar-refractivity contribution in [2.45, 2.75) is 19.4 Å². The summed E-state index contributed by atoms with van der Waals surface area (Å²) in [6.07, 6.45) is 3.72. The van der Waals surface area contributed by atoms with E-state index in [4.69, 9.17) is 9.47 Å². The van der Waals surface area contributed by atoms with Gasteiger partial charge in [-0.05, 0) is 42.7 Å². The Morgan fingerprint density at radius 2 is 1.75 bits per heavy atom. The quantitative estimate of drug-likeness (QED) is 0.807. The molecule has 0 spiro atoms. The molecule has 0 saturated heterocycles. The van der Waals surface area contributed by atoms with Crippen LogP contribution in [0.4, 0.5) is 0 Å². The van der Waals surface area contributed by atoms with Crippen LogP contribution in [-0.4, -0.2) is 31.6 Å². The fourth-order valence-corrected chi connectivity index (χ4v) is 3.14. The number of hydrogen-bond acceptors (Lipinski definition) is 3. The molecule has 0 aromatic heterocycles. The summed E-state index contributed by atoms with van der Waals surface area (Å²) >= 11 is 0. The zero-order valence-corrected chi connectivity index (χ0v) is 14.2. The number of carbonyl (C=O) groups excluding carboxylic acids is 1. The van der Waals surface area contributed by atoms with Gasteiger partial charge < -0.3 is 14.4 Å². The Labute approximate surface area is 142 Å². The first kappa shape index (κ1) is 16.1. The van der Waals surface area contributed by atoms with E-state index in [1.165, 1.54) is 0 Å². The Hall–Kier alpha value is -2.75. The molecular formula is C20H21NO3. The van der Waals surface area contributed by atoms with Crippen LogP contribution in [0.5, 0.6) is 11.5 Å². The molecule has 1 unspecified atom stereocenters. The number of hydrogen-bond donors (Lipinski definition) is 0. The molecule has 2 aromatic rings. The lowest BCUT2D eigenvalue weighted by molar-refractivity contribution is -0.116. The molecule has 1 heterocycles. The van der Waals surface area contributed by atoms with Gasteiger partial charge in [0.15, 0.2) is 11.5 Å². The van der Waals surface area contributed by atoms with Gasteiger partial charge in [0.05, 0.1) is 19.9 Å². The summed E-state index contributed by atoms with van der Waals surface area (Å²) in [6, 6.07) is 14.0. The highest BCUT2D eigenvalue weighted by Crippen LogP contribution is 2.39. The summed E-state index contributed by atoms with van der Waals surface area (Å²) in [7, 11) is 3.25. The number of methoxy groups -OCH3 is 2. The lowest BCUT2D eigenvalue weighted by atomic mass is 9.91. The van der Waals surface area contributed by atoms with Crippen LogP contribution in [0.15, 0.2) is 42.5 Å². The van der Waals surface area contributed by atoms with Crippen molar-refractivity contribution in [3.05, 3.63) is 59.2 Å². The molecular weight excluding hydrogens is 302 g/mol. The van der Waals surface area contributed by atoms with Gasteiger partial charge in [-0.3, -0.25) is 4.79 Å². The molecule has 0 radical (unpaired) electrons. The highest BCUT2D eigenvalue weighted by Gasteiger charge is 2.28. The number of carbonyl (C=O) groups is 1. The number of amides is 1. The van der Waals surface area contributed by atoms with E-state index < -0.39 is 0 Å². The topological polar surface area (TPSA) is 38.8 Å². The van der Waals surface area contributed by atoms with Crippen LogP contribution < -0.4 is 9.47 Å². The van der Waals surface area contributed by atoms with E-state index in [1.54, 1.807) is 19.1 Å². The van der Waals surface area contributed by atoms with Crippen molar-refractivity contribution in [2.75, 3.05) is 14.2 Å². The molecule has 0 saturated carbocycles. The van der Waals surface area contributed by atoms with E-state index >= 15 is 0 Å². The monoisotopic (exact) mass is 323 g/mol. The van der Waals surface area contributed by atoms with Gasteiger partial charge in [0.2, 0.25) is 6.41 Å². The smallest absolute Gasteiger partial charge is 0.214 e. The van der Waals surface area contributed by atoms with Crippen LogP contribution in [0.2, 0.25) is 0 Å². The fraction of sp³-hybridized carbons (Fsp3) is 0.250. The van der Waals surface area contributed by atoms with Gasteiger partial charge in [0.25, 0.3) is 0 Å². The summed E-state index contributed by atoms with van der Waals surface area (Å²) in [5.41, 5.74) is 4.09. The number of nitrogens with zero attached hydrogens (tertiary/aromatic N) is 1. The molecule has 1 aliphatic rings. The van der Waals surface area contributed by atoms with E-state index in [2.05, 4.69) is 0 Å². The summed E-state index contributed by atoms with van der Waals surface area (Å²) < 4.78 is 10.9. The third-order valence-corrected chi connectivity index (χ3v) is 4.37. The van der Waals surface area contributed by atoms with Gasteiger partial charge in [0.1, 0.15) is 0 Å². The van der Waals surface area contributed by atoms with Crippen LogP contribution in [0.1, 0.15) is 23.6 Å². The Bertz CT molecular complexity index is 768. The predicted molar refractivity (Wildman–Crippen MR) is 94.9 cm³/mol. The van der Waals surface area contributed by atoms with Crippen molar-refractivity contribution in [2.24, 2.45) is 0 Å². The molecule has 1 aliphatic heterocycles. The molecule has 3 rings (SSSR count). The summed E-state index contributed by atoms with van der Waals surface area (Å²) in [5, 5.41) is 0. The predicted octanol–water partition coefficient (Wildman–Crippen LogP) is 3.60. The first-order valence-corrected chi connectivity index (χ1v) is 7.93. The van der Waals surface area contributed by atoms with Crippen LogP contribution >= 0.6 is 0 Å². The van der Waals surface area contributed by atoms with Crippen molar-refractivity contribution >= 4 is 18.2 Å². The summed E-state index contributed by atoms with van der Waals surface area (Å²) in [4.78, 5) is 13.5. The van der Waals surface area contributed by atoms with Gasteiger partial charge in [-0.15, -0.1) is 0 Å². The summed E-state index contributed by atoms with van der Waals surface area (Å²) in [6.45, 7) is 2.05. The number of rotatable bonds is 4. The van der Waals surface area contributed by atoms with Gasteiger partial charge in [-0.25, -0.2) is 0 Å². The average Bonchev–Trinajstić information content (AvgIpc) is 2.61. The van der Waals surface area contributed by atoms with Crippen molar-refractivity contribution in [1.29, 1.82) is 0 Å². The minimum atomic E-state index is 0.0862. The number of ether oxygens (including phenoxy) is 2. The Morgan fingerprint density at radius 3 is 2.38 bits per heavy atom. The van der Waals surface area contributed by atoms with Crippen LogP contribution in [0.25, 0.3) is 11.8 Å². The number of fused-ring (bicyclic) bond motifs is 1. The SMILES string of the molecule is COc1cc2c(cc1OC)/C(=C\c1ccccc1)N(C=O)C(C)C2. The highest BCUT2D eigenvalue weighted by molar-refractivity contribution is 5.89. The molecule has 1 amide bonds. The number of benzene rings is 2. The minimum absolute atomic E-state index is 0.0862. The van der Waals surface area contributed by atoms with E-state index in [-0.39, 0.29) is 6.04 Å².